The highest BCUT2D eigenvalue weighted by Gasteiger charge is 2.19. The van der Waals surface area contributed by atoms with E-state index in [1.807, 2.05) is 0 Å². The largest absolute Gasteiger partial charge is 0.480 e. The molecule has 0 aromatic heterocycles. The highest BCUT2D eigenvalue weighted by atomic mass is 32.1. The van der Waals surface area contributed by atoms with Crippen molar-refractivity contribution in [2.24, 2.45) is 11.5 Å². The topological polar surface area (TPSA) is 224 Å². The van der Waals surface area contributed by atoms with Gasteiger partial charge in [0.05, 0.1) is 6.10 Å². The summed E-state index contributed by atoms with van der Waals surface area (Å²) >= 11 is 4.24. The molecule has 0 bridgehead atoms. The Balaban J connectivity index is 0. The van der Waals surface area contributed by atoms with Crippen molar-refractivity contribution in [1.82, 2.24) is 10.6 Å². The predicted octanol–water partition coefficient (Wildman–Crippen LogP) is 1.07. The van der Waals surface area contributed by atoms with Gasteiger partial charge in [0, 0.05) is 18.3 Å². The molecule has 0 aliphatic carbocycles. The first kappa shape index (κ1) is 35.9. The lowest BCUT2D eigenvalue weighted by atomic mass is 10.1. The summed E-state index contributed by atoms with van der Waals surface area (Å²) in [5.74, 6) is -2.14. The van der Waals surface area contributed by atoms with Crippen LogP contribution in [0.2, 0.25) is 0 Å². The lowest BCUT2D eigenvalue weighted by Crippen LogP contribution is -2.38. The Morgan fingerprint density at radius 2 is 1.11 bits per heavy atom. The maximum Gasteiger partial charge on any atom is 0.407 e. The van der Waals surface area contributed by atoms with Crippen LogP contribution in [0.25, 0.3) is 0 Å². The lowest BCUT2D eigenvalue weighted by molar-refractivity contribution is -0.139. The van der Waals surface area contributed by atoms with Crippen molar-refractivity contribution < 1.29 is 44.0 Å². The quantitative estimate of drug-likeness (QED) is 0.163. The Bertz CT molecular complexity index is 638. The molecule has 0 aromatic carbocycles. The Labute approximate surface area is 218 Å². The van der Waals surface area contributed by atoms with Gasteiger partial charge in [-0.3, -0.25) is 9.59 Å². The van der Waals surface area contributed by atoms with E-state index in [1.54, 1.807) is 41.5 Å². The number of thiol groups is 1. The van der Waals surface area contributed by atoms with Gasteiger partial charge in [-0.05, 0) is 67.2 Å². The number of nitrogens with two attached hydrogens (primary N) is 2. The highest BCUT2D eigenvalue weighted by Crippen LogP contribution is 2.09. The first-order valence-electron chi connectivity index (χ1n) is 11.5. The molecule has 13 nitrogen and oxygen atoms in total. The third-order valence-electron chi connectivity index (χ3n) is 4.02. The molecule has 0 aromatic rings. The molecule has 0 spiro atoms. The summed E-state index contributed by atoms with van der Waals surface area (Å²) in [7, 11) is 0. The summed E-state index contributed by atoms with van der Waals surface area (Å²) in [4.78, 5) is 43.5. The summed E-state index contributed by atoms with van der Waals surface area (Å²) in [5, 5.41) is 31.5. The van der Waals surface area contributed by atoms with Crippen LogP contribution in [-0.4, -0.2) is 87.2 Å². The minimum Gasteiger partial charge on any atom is -0.480 e. The van der Waals surface area contributed by atoms with E-state index >= 15 is 0 Å². The van der Waals surface area contributed by atoms with Crippen LogP contribution in [0.3, 0.4) is 0 Å². The molecule has 0 heterocycles. The van der Waals surface area contributed by atoms with E-state index in [-0.39, 0.29) is 24.6 Å². The average molecular weight is 541 g/mol. The highest BCUT2D eigenvalue weighted by molar-refractivity contribution is 7.81. The molecule has 212 valence electrons. The molecule has 0 rings (SSSR count). The van der Waals surface area contributed by atoms with Crippen molar-refractivity contribution in [1.29, 1.82) is 0 Å². The molecule has 0 saturated heterocycles. The van der Waals surface area contributed by atoms with Crippen LogP contribution in [0.1, 0.15) is 67.2 Å². The van der Waals surface area contributed by atoms with E-state index in [1.165, 1.54) is 0 Å². The van der Waals surface area contributed by atoms with Gasteiger partial charge >= 0.3 is 24.1 Å². The first-order chi connectivity index (χ1) is 16.2. The molecule has 2 amide bonds. The standard InChI is InChI=1S/C11H22N2O5.C11H22N2O4S/c1-11(2,3)18-10(17)13-6-7(14)4-5-8(12)9(15)16;1-11(2,3)17-10(16)13-6-7(18)4-5-8(12)9(14)15/h7-8,14H,4-6,12H2,1-3H3,(H,13,17)(H,15,16);7-8,18H,4-6,12H2,1-3H3,(H,13,16)(H,14,15). The number of aliphatic hydroxyl groups is 1. The molecule has 36 heavy (non-hydrogen) atoms. The molecular weight excluding hydrogens is 496 g/mol. The molecule has 0 aliphatic heterocycles. The maximum atomic E-state index is 11.3. The van der Waals surface area contributed by atoms with E-state index < -0.39 is 53.5 Å². The number of hydrogen-bond acceptors (Lipinski definition) is 10. The number of hydrogen-bond donors (Lipinski definition) is 8. The second-order valence-electron chi connectivity index (χ2n) is 10.1. The number of nitrogens with one attached hydrogen (secondary N) is 2. The number of aliphatic carboxylic acids is 2. The number of carbonyl (C=O) groups is 4. The van der Waals surface area contributed by atoms with Gasteiger partial charge < -0.3 is 46.9 Å². The summed E-state index contributed by atoms with van der Waals surface area (Å²) < 4.78 is 10.0. The number of aliphatic hydroxyl groups excluding tert-OH is 1. The Kier molecular flexibility index (Phi) is 17.2. The van der Waals surface area contributed by atoms with Gasteiger partial charge in [-0.25, -0.2) is 9.59 Å². The number of carboxylic acid groups (broad SMARTS) is 2. The summed E-state index contributed by atoms with van der Waals surface area (Å²) in [6.45, 7) is 10.8. The van der Waals surface area contributed by atoms with Crippen molar-refractivity contribution in [2.45, 2.75) is 102 Å². The SMILES string of the molecule is CC(C)(C)OC(=O)NCC(O)CCC(N)C(=O)O.CC(C)(C)OC(=O)NCC(S)CCC(N)C(=O)O. The third kappa shape index (κ3) is 23.5. The molecule has 0 aliphatic rings. The normalized spacial score (nSPS) is 14.7. The zero-order valence-electron chi connectivity index (χ0n) is 21.9. The van der Waals surface area contributed by atoms with Crippen LogP contribution in [-0.2, 0) is 19.1 Å². The van der Waals surface area contributed by atoms with Gasteiger partial charge in [-0.15, -0.1) is 0 Å². The molecule has 4 unspecified atom stereocenters. The van der Waals surface area contributed by atoms with Crippen LogP contribution < -0.4 is 22.1 Å². The Morgan fingerprint density at radius 3 is 1.47 bits per heavy atom. The molecular formula is C22H44N4O9S. The molecule has 14 heteroatoms. The Hall–Kier alpha value is -2.29. The van der Waals surface area contributed by atoms with Crippen LogP contribution in [0.5, 0.6) is 0 Å². The average Bonchev–Trinajstić information content (AvgIpc) is 2.70. The fourth-order valence-corrected chi connectivity index (χ4v) is 2.47. The molecule has 0 fully saturated rings. The number of rotatable bonds is 12. The fourth-order valence-electron chi connectivity index (χ4n) is 2.23. The molecule has 4 atom stereocenters. The maximum absolute atomic E-state index is 11.3. The predicted molar refractivity (Wildman–Crippen MR) is 137 cm³/mol. The minimum absolute atomic E-state index is 0.00124. The number of carboxylic acids is 2. The number of alkyl carbamates (subject to hydrolysis) is 2. The van der Waals surface area contributed by atoms with E-state index in [4.69, 9.17) is 31.2 Å². The van der Waals surface area contributed by atoms with Crippen molar-refractivity contribution in [3.63, 3.8) is 0 Å². The number of ether oxygens (including phenoxy) is 2. The van der Waals surface area contributed by atoms with Gasteiger partial charge in [0.15, 0.2) is 0 Å². The van der Waals surface area contributed by atoms with Crippen molar-refractivity contribution in [3.8, 4) is 0 Å². The van der Waals surface area contributed by atoms with Crippen LogP contribution >= 0.6 is 12.6 Å². The zero-order valence-corrected chi connectivity index (χ0v) is 22.8. The van der Waals surface area contributed by atoms with Gasteiger partial charge in [0.25, 0.3) is 0 Å². The minimum atomic E-state index is -1.11. The van der Waals surface area contributed by atoms with Crippen LogP contribution in [0.4, 0.5) is 9.59 Å². The number of amides is 2. The summed E-state index contributed by atoms with van der Waals surface area (Å²) in [6, 6.07) is -1.89. The summed E-state index contributed by atoms with van der Waals surface area (Å²) in [5.41, 5.74) is 9.50. The van der Waals surface area contributed by atoms with Crippen molar-refractivity contribution >= 4 is 36.8 Å². The lowest BCUT2D eigenvalue weighted by Gasteiger charge is -2.20. The van der Waals surface area contributed by atoms with Crippen LogP contribution in [0, 0.1) is 0 Å². The van der Waals surface area contributed by atoms with Gasteiger partial charge in [-0.1, -0.05) is 0 Å². The number of carbonyl (C=O) groups excluding carboxylic acids is 2. The van der Waals surface area contributed by atoms with Crippen LogP contribution in [0.15, 0.2) is 0 Å². The second-order valence-corrected chi connectivity index (χ2v) is 10.8. The Morgan fingerprint density at radius 1 is 0.750 bits per heavy atom. The van der Waals surface area contributed by atoms with Gasteiger partial charge in [0.2, 0.25) is 0 Å². The fraction of sp³-hybridized carbons (Fsp3) is 0.818. The van der Waals surface area contributed by atoms with E-state index in [0.717, 1.165) is 0 Å². The molecule has 0 radical (unpaired) electrons. The zero-order chi connectivity index (χ0) is 28.7. The van der Waals surface area contributed by atoms with E-state index in [2.05, 4.69) is 23.3 Å². The molecule has 0 saturated carbocycles. The van der Waals surface area contributed by atoms with E-state index in [9.17, 15) is 24.3 Å². The third-order valence-corrected chi connectivity index (χ3v) is 4.46. The second kappa shape index (κ2) is 17.2. The monoisotopic (exact) mass is 540 g/mol. The van der Waals surface area contributed by atoms with Crippen molar-refractivity contribution in [3.05, 3.63) is 0 Å². The van der Waals surface area contributed by atoms with Gasteiger partial charge in [-0.2, -0.15) is 12.6 Å². The molecule has 9 N–H and O–H groups in total. The smallest absolute Gasteiger partial charge is 0.407 e. The summed E-state index contributed by atoms with van der Waals surface area (Å²) in [6.07, 6.45) is -0.808. The first-order valence-corrected chi connectivity index (χ1v) is 12.0. The van der Waals surface area contributed by atoms with Crippen molar-refractivity contribution in [2.75, 3.05) is 13.1 Å². The van der Waals surface area contributed by atoms with E-state index in [0.29, 0.717) is 19.4 Å². The van der Waals surface area contributed by atoms with Gasteiger partial charge in [0.1, 0.15) is 23.3 Å².